The van der Waals surface area contributed by atoms with Crippen LogP contribution in [0.4, 0.5) is 0 Å². The van der Waals surface area contributed by atoms with Crippen LogP contribution in [-0.2, 0) is 26.2 Å². The molecule has 0 aliphatic carbocycles. The average molecular weight is 393 g/mol. The molecule has 0 bridgehead atoms. The van der Waals surface area contributed by atoms with Gasteiger partial charge in [0.15, 0.2) is 19.7 Å². The van der Waals surface area contributed by atoms with Crippen LogP contribution in [0.2, 0.25) is 5.02 Å². The Hall–Kier alpha value is -0.670. The van der Waals surface area contributed by atoms with Crippen molar-refractivity contribution in [3.8, 4) is 0 Å². The van der Waals surface area contributed by atoms with Gasteiger partial charge < -0.3 is 0 Å². The van der Waals surface area contributed by atoms with E-state index in [1.54, 1.807) is 6.07 Å². The Balaban J connectivity index is 1.77. The summed E-state index contributed by atoms with van der Waals surface area (Å²) < 4.78 is 47.0. The molecule has 0 aromatic heterocycles. The van der Waals surface area contributed by atoms with E-state index in [1.807, 2.05) is 23.2 Å². The first-order chi connectivity index (χ1) is 11.2. The molecule has 6 nitrogen and oxygen atoms in total. The Labute approximate surface area is 148 Å². The van der Waals surface area contributed by atoms with Crippen LogP contribution in [-0.4, -0.2) is 56.9 Å². The molecule has 0 amide bonds. The molecule has 134 valence electrons. The standard InChI is InChI=1S/C15H21ClN2O4S2/c16-15-4-2-1-3-12(15)9-18(14-6-8-24(21,22)11-14)17-13-5-7-23(19,20)10-13/h1-4,13-14,17H,5-11H2/t13-,14-/m1/s1. The molecule has 24 heavy (non-hydrogen) atoms. The SMILES string of the molecule is O=S1(=O)CC[C@@H](NN(Cc2ccccc2Cl)[C@@H]2CCS(=O)(=O)C2)C1. The monoisotopic (exact) mass is 392 g/mol. The summed E-state index contributed by atoms with van der Waals surface area (Å²) >= 11 is 6.22. The Morgan fingerprint density at radius 3 is 2.29 bits per heavy atom. The number of benzene rings is 1. The lowest BCUT2D eigenvalue weighted by atomic mass is 10.2. The van der Waals surface area contributed by atoms with Crippen LogP contribution in [0.15, 0.2) is 24.3 Å². The molecule has 0 saturated carbocycles. The second-order valence-corrected chi connectivity index (χ2v) is 11.4. The zero-order chi connectivity index (χ0) is 17.4. The van der Waals surface area contributed by atoms with Crippen molar-refractivity contribution in [2.24, 2.45) is 0 Å². The number of rotatable bonds is 5. The molecule has 1 aromatic carbocycles. The first kappa shape index (κ1) is 18.1. The highest BCUT2D eigenvalue weighted by molar-refractivity contribution is 7.91. The van der Waals surface area contributed by atoms with E-state index >= 15 is 0 Å². The minimum atomic E-state index is -3.03. The number of halogens is 1. The number of nitrogens with zero attached hydrogens (tertiary/aromatic N) is 1. The van der Waals surface area contributed by atoms with Gasteiger partial charge in [0.25, 0.3) is 0 Å². The van der Waals surface area contributed by atoms with Crippen molar-refractivity contribution in [1.82, 2.24) is 10.4 Å². The number of sulfone groups is 2. The number of hydrogen-bond donors (Lipinski definition) is 1. The van der Waals surface area contributed by atoms with Crippen LogP contribution >= 0.6 is 11.6 Å². The summed E-state index contributed by atoms with van der Waals surface area (Å²) in [5.74, 6) is 0.518. The predicted octanol–water partition coefficient (Wildman–Crippen LogP) is 1.02. The van der Waals surface area contributed by atoms with Crippen LogP contribution in [0, 0.1) is 0 Å². The number of hydrogen-bond acceptors (Lipinski definition) is 6. The number of nitrogens with one attached hydrogen (secondary N) is 1. The Morgan fingerprint density at radius 2 is 1.71 bits per heavy atom. The molecule has 3 rings (SSSR count). The second kappa shape index (κ2) is 6.92. The Morgan fingerprint density at radius 1 is 1.04 bits per heavy atom. The average Bonchev–Trinajstić information content (AvgIpc) is 3.02. The van der Waals surface area contributed by atoms with Gasteiger partial charge in [0.05, 0.1) is 23.0 Å². The normalized spacial score (nSPS) is 28.4. The summed E-state index contributed by atoms with van der Waals surface area (Å²) in [5.41, 5.74) is 4.14. The van der Waals surface area contributed by atoms with Crippen LogP contribution < -0.4 is 5.43 Å². The molecule has 2 fully saturated rings. The van der Waals surface area contributed by atoms with Crippen molar-refractivity contribution in [1.29, 1.82) is 0 Å². The highest BCUT2D eigenvalue weighted by Crippen LogP contribution is 2.23. The van der Waals surface area contributed by atoms with Crippen LogP contribution in [0.5, 0.6) is 0 Å². The lowest BCUT2D eigenvalue weighted by Gasteiger charge is -2.31. The Bertz CT molecular complexity index is 811. The highest BCUT2D eigenvalue weighted by Gasteiger charge is 2.35. The molecule has 0 unspecified atom stereocenters. The third-order valence-electron chi connectivity index (χ3n) is 4.53. The zero-order valence-electron chi connectivity index (χ0n) is 13.2. The fourth-order valence-corrected chi connectivity index (χ4v) is 6.83. The molecule has 1 aromatic rings. The summed E-state index contributed by atoms with van der Waals surface area (Å²) in [6, 6.07) is 7.06. The van der Waals surface area contributed by atoms with Crippen molar-refractivity contribution in [3.05, 3.63) is 34.9 Å². The van der Waals surface area contributed by atoms with Crippen molar-refractivity contribution in [3.63, 3.8) is 0 Å². The zero-order valence-corrected chi connectivity index (χ0v) is 15.6. The van der Waals surface area contributed by atoms with Gasteiger partial charge in [-0.3, -0.25) is 5.43 Å². The molecule has 2 aliphatic heterocycles. The highest BCUT2D eigenvalue weighted by atomic mass is 35.5. The maximum atomic E-state index is 11.8. The summed E-state index contributed by atoms with van der Waals surface area (Å²) in [4.78, 5) is 0. The largest absolute Gasteiger partial charge is 0.250 e. The minimum Gasteiger partial charge on any atom is -0.250 e. The van der Waals surface area contributed by atoms with Crippen molar-refractivity contribution >= 4 is 31.3 Å². The van der Waals surface area contributed by atoms with Crippen LogP contribution in [0.1, 0.15) is 18.4 Å². The van der Waals surface area contributed by atoms with E-state index < -0.39 is 19.7 Å². The quantitative estimate of drug-likeness (QED) is 0.753. The molecule has 0 radical (unpaired) electrons. The van der Waals surface area contributed by atoms with Gasteiger partial charge in [0.2, 0.25) is 0 Å². The third-order valence-corrected chi connectivity index (χ3v) is 8.42. The van der Waals surface area contributed by atoms with E-state index in [2.05, 4.69) is 5.43 Å². The maximum Gasteiger partial charge on any atom is 0.151 e. The molecule has 2 atom stereocenters. The molecular formula is C15H21ClN2O4S2. The lowest BCUT2D eigenvalue weighted by molar-refractivity contribution is 0.108. The topological polar surface area (TPSA) is 83.6 Å². The van der Waals surface area contributed by atoms with E-state index in [1.165, 1.54) is 0 Å². The first-order valence-corrected chi connectivity index (χ1v) is 11.9. The minimum absolute atomic E-state index is 0.0872. The molecule has 0 spiro atoms. The summed E-state index contributed by atoms with van der Waals surface area (Å²) in [7, 11) is -6.03. The molecule has 2 heterocycles. The van der Waals surface area contributed by atoms with Crippen molar-refractivity contribution in [2.45, 2.75) is 31.5 Å². The van der Waals surface area contributed by atoms with Crippen molar-refractivity contribution < 1.29 is 16.8 Å². The van der Waals surface area contributed by atoms with Gasteiger partial charge in [0.1, 0.15) is 0 Å². The van der Waals surface area contributed by atoms with E-state index in [0.717, 1.165) is 5.56 Å². The van der Waals surface area contributed by atoms with E-state index in [9.17, 15) is 16.8 Å². The summed E-state index contributed by atoms with van der Waals surface area (Å²) in [6.45, 7) is 0.441. The van der Waals surface area contributed by atoms with Gasteiger partial charge in [-0.15, -0.1) is 0 Å². The summed E-state index contributed by atoms with van der Waals surface area (Å²) in [5, 5.41) is 2.49. The van der Waals surface area contributed by atoms with Gasteiger partial charge in [-0.2, -0.15) is 0 Å². The van der Waals surface area contributed by atoms with E-state index in [-0.39, 0.29) is 35.1 Å². The predicted molar refractivity (Wildman–Crippen MR) is 94.2 cm³/mol. The van der Waals surface area contributed by atoms with Gasteiger partial charge in [-0.1, -0.05) is 29.8 Å². The molecular weight excluding hydrogens is 372 g/mol. The lowest BCUT2D eigenvalue weighted by Crippen LogP contribution is -2.50. The van der Waals surface area contributed by atoms with Crippen LogP contribution in [0.3, 0.4) is 0 Å². The Kier molecular flexibility index (Phi) is 5.22. The molecule has 9 heteroatoms. The van der Waals surface area contributed by atoms with Crippen LogP contribution in [0.25, 0.3) is 0 Å². The van der Waals surface area contributed by atoms with Gasteiger partial charge >= 0.3 is 0 Å². The second-order valence-electron chi connectivity index (χ2n) is 6.51. The van der Waals surface area contributed by atoms with E-state index in [0.29, 0.717) is 24.4 Å². The van der Waals surface area contributed by atoms with Gasteiger partial charge in [-0.25, -0.2) is 21.8 Å². The third kappa shape index (κ3) is 4.49. The smallest absolute Gasteiger partial charge is 0.151 e. The first-order valence-electron chi connectivity index (χ1n) is 7.91. The maximum absolute atomic E-state index is 11.8. The van der Waals surface area contributed by atoms with Gasteiger partial charge in [0, 0.05) is 23.7 Å². The number of hydrazine groups is 1. The fourth-order valence-electron chi connectivity index (χ4n) is 3.24. The molecule has 2 aliphatic rings. The van der Waals surface area contributed by atoms with Gasteiger partial charge in [-0.05, 0) is 24.5 Å². The summed E-state index contributed by atoms with van der Waals surface area (Å²) in [6.07, 6.45) is 1.08. The fraction of sp³-hybridized carbons (Fsp3) is 0.600. The molecule has 1 N–H and O–H groups in total. The van der Waals surface area contributed by atoms with E-state index in [4.69, 9.17) is 11.6 Å². The van der Waals surface area contributed by atoms with Crippen molar-refractivity contribution in [2.75, 3.05) is 23.0 Å². The molecule has 2 saturated heterocycles.